The number of piperidine rings is 3. The molecule has 3 aliphatic heterocycles. The summed E-state index contributed by atoms with van der Waals surface area (Å²) in [5.41, 5.74) is 6.11. The average molecular weight is 168 g/mol. The molecule has 0 radical (unpaired) electrons. The maximum atomic E-state index is 6.11. The van der Waals surface area contributed by atoms with Gasteiger partial charge >= 0.3 is 0 Å². The molecular weight excluding hydrogens is 148 g/mol. The van der Waals surface area contributed by atoms with E-state index >= 15 is 0 Å². The second kappa shape index (κ2) is 3.35. The first-order valence-corrected chi connectivity index (χ1v) is 5.29. The van der Waals surface area contributed by atoms with Crippen LogP contribution < -0.4 is 5.73 Å². The van der Waals surface area contributed by atoms with E-state index in [1.807, 2.05) is 0 Å². The highest BCUT2D eigenvalue weighted by atomic mass is 15.2. The Morgan fingerprint density at radius 3 is 2.50 bits per heavy atom. The Balaban J connectivity index is 1.99. The minimum Gasteiger partial charge on any atom is -0.327 e. The van der Waals surface area contributed by atoms with Crippen molar-refractivity contribution in [2.45, 2.75) is 32.2 Å². The Hall–Kier alpha value is -0.0800. The quantitative estimate of drug-likeness (QED) is 0.668. The van der Waals surface area contributed by atoms with Crippen molar-refractivity contribution in [3.05, 3.63) is 0 Å². The summed E-state index contributed by atoms with van der Waals surface area (Å²) in [7, 11) is 0. The number of hydrogen-bond donors (Lipinski definition) is 1. The lowest BCUT2D eigenvalue weighted by atomic mass is 9.75. The van der Waals surface area contributed by atoms with E-state index in [1.54, 1.807) is 0 Å². The molecule has 0 aromatic heterocycles. The second-order valence-electron chi connectivity index (χ2n) is 4.37. The number of nitrogens with two attached hydrogens (primary N) is 1. The number of fused-ring (bicyclic) bond motifs is 3. The van der Waals surface area contributed by atoms with E-state index in [9.17, 15) is 0 Å². The fourth-order valence-electron chi connectivity index (χ4n) is 2.80. The van der Waals surface area contributed by atoms with Gasteiger partial charge in [-0.3, -0.25) is 0 Å². The molecule has 0 saturated carbocycles. The van der Waals surface area contributed by atoms with Gasteiger partial charge in [-0.1, -0.05) is 6.92 Å². The van der Waals surface area contributed by atoms with Crippen molar-refractivity contribution < 1.29 is 0 Å². The van der Waals surface area contributed by atoms with Gasteiger partial charge in [-0.2, -0.15) is 0 Å². The standard InChI is InChI=1S/C10H20N2/c1-2-10(11)9-7-12-5-3-8(9)4-6-12/h8-10H,2-7,11H2,1H3. The summed E-state index contributed by atoms with van der Waals surface area (Å²) in [5, 5.41) is 0. The van der Waals surface area contributed by atoms with Crippen LogP contribution in [0.5, 0.6) is 0 Å². The van der Waals surface area contributed by atoms with Crippen LogP contribution in [0.4, 0.5) is 0 Å². The topological polar surface area (TPSA) is 29.3 Å². The molecule has 3 rings (SSSR count). The highest BCUT2D eigenvalue weighted by Gasteiger charge is 2.36. The van der Waals surface area contributed by atoms with Crippen LogP contribution in [0.15, 0.2) is 0 Å². The van der Waals surface area contributed by atoms with Crippen molar-refractivity contribution in [1.29, 1.82) is 0 Å². The predicted octanol–water partition coefficient (Wildman–Crippen LogP) is 1.07. The largest absolute Gasteiger partial charge is 0.327 e. The lowest BCUT2D eigenvalue weighted by Crippen LogP contribution is -2.53. The van der Waals surface area contributed by atoms with Gasteiger partial charge in [0.15, 0.2) is 0 Å². The van der Waals surface area contributed by atoms with E-state index in [-0.39, 0.29) is 0 Å². The molecule has 2 atom stereocenters. The van der Waals surface area contributed by atoms with Gasteiger partial charge in [0.2, 0.25) is 0 Å². The van der Waals surface area contributed by atoms with Gasteiger partial charge in [0.1, 0.15) is 0 Å². The van der Waals surface area contributed by atoms with E-state index in [0.717, 1.165) is 18.3 Å². The molecule has 0 amide bonds. The molecule has 12 heavy (non-hydrogen) atoms. The van der Waals surface area contributed by atoms with Gasteiger partial charge < -0.3 is 10.6 Å². The van der Waals surface area contributed by atoms with E-state index in [2.05, 4.69) is 11.8 Å². The molecule has 0 aromatic carbocycles. The monoisotopic (exact) mass is 168 g/mol. The summed E-state index contributed by atoms with van der Waals surface area (Å²) in [5.74, 6) is 1.75. The summed E-state index contributed by atoms with van der Waals surface area (Å²) in [6.45, 7) is 6.15. The van der Waals surface area contributed by atoms with Crippen LogP contribution in [0.2, 0.25) is 0 Å². The third kappa shape index (κ3) is 1.38. The van der Waals surface area contributed by atoms with Crippen LogP contribution >= 0.6 is 0 Å². The maximum absolute atomic E-state index is 6.11. The smallest absolute Gasteiger partial charge is 0.00794 e. The summed E-state index contributed by atoms with van der Waals surface area (Å²) >= 11 is 0. The van der Waals surface area contributed by atoms with E-state index < -0.39 is 0 Å². The van der Waals surface area contributed by atoms with Crippen LogP contribution in [0.25, 0.3) is 0 Å². The van der Waals surface area contributed by atoms with Gasteiger partial charge in [-0.15, -0.1) is 0 Å². The molecule has 0 spiro atoms. The van der Waals surface area contributed by atoms with Crippen molar-refractivity contribution >= 4 is 0 Å². The molecule has 2 nitrogen and oxygen atoms in total. The lowest BCUT2D eigenvalue weighted by molar-refractivity contribution is 0.0371. The van der Waals surface area contributed by atoms with Crippen LogP contribution in [0.3, 0.4) is 0 Å². The molecule has 3 heterocycles. The zero-order valence-electron chi connectivity index (χ0n) is 8.00. The molecule has 0 aromatic rings. The summed E-state index contributed by atoms with van der Waals surface area (Å²) in [4.78, 5) is 2.58. The minimum absolute atomic E-state index is 0.457. The second-order valence-corrected chi connectivity index (χ2v) is 4.37. The zero-order valence-corrected chi connectivity index (χ0v) is 8.00. The first-order valence-electron chi connectivity index (χ1n) is 5.29. The molecule has 0 aliphatic carbocycles. The van der Waals surface area contributed by atoms with Crippen LogP contribution in [0.1, 0.15) is 26.2 Å². The van der Waals surface area contributed by atoms with Crippen molar-refractivity contribution in [1.82, 2.24) is 4.90 Å². The van der Waals surface area contributed by atoms with Crippen LogP contribution in [0, 0.1) is 11.8 Å². The lowest BCUT2D eigenvalue weighted by Gasteiger charge is -2.46. The van der Waals surface area contributed by atoms with Crippen molar-refractivity contribution in [3.8, 4) is 0 Å². The van der Waals surface area contributed by atoms with Gasteiger partial charge in [0.25, 0.3) is 0 Å². The zero-order chi connectivity index (χ0) is 8.55. The van der Waals surface area contributed by atoms with E-state index in [1.165, 1.54) is 32.5 Å². The molecule has 70 valence electrons. The van der Waals surface area contributed by atoms with Crippen LogP contribution in [-0.4, -0.2) is 30.6 Å². The SMILES string of the molecule is CCC(N)C1CN2CCC1CC2. The molecule has 2 N–H and O–H groups in total. The Bertz CT molecular complexity index is 150. The van der Waals surface area contributed by atoms with Crippen LogP contribution in [-0.2, 0) is 0 Å². The summed E-state index contributed by atoms with van der Waals surface area (Å²) < 4.78 is 0. The molecule has 3 fully saturated rings. The predicted molar refractivity (Wildman–Crippen MR) is 50.9 cm³/mol. The fraction of sp³-hybridized carbons (Fsp3) is 1.00. The number of hydrogen-bond acceptors (Lipinski definition) is 2. The summed E-state index contributed by atoms with van der Waals surface area (Å²) in [6, 6.07) is 0.457. The molecule has 2 bridgehead atoms. The number of rotatable bonds is 2. The first kappa shape index (κ1) is 8.52. The minimum atomic E-state index is 0.457. The molecule has 2 unspecified atom stereocenters. The fourth-order valence-corrected chi connectivity index (χ4v) is 2.80. The summed E-state index contributed by atoms with van der Waals surface area (Å²) in [6.07, 6.45) is 3.95. The van der Waals surface area contributed by atoms with Gasteiger partial charge in [0.05, 0.1) is 0 Å². The van der Waals surface area contributed by atoms with Crippen molar-refractivity contribution in [2.24, 2.45) is 17.6 Å². The molecule has 2 heteroatoms. The third-order valence-electron chi connectivity index (χ3n) is 3.73. The Morgan fingerprint density at radius 1 is 1.42 bits per heavy atom. The molecule has 3 saturated heterocycles. The van der Waals surface area contributed by atoms with Crippen molar-refractivity contribution in [3.63, 3.8) is 0 Å². The Kier molecular flexibility index (Phi) is 2.37. The number of nitrogens with zero attached hydrogens (tertiary/aromatic N) is 1. The third-order valence-corrected chi connectivity index (χ3v) is 3.73. The van der Waals surface area contributed by atoms with Crippen molar-refractivity contribution in [2.75, 3.05) is 19.6 Å². The van der Waals surface area contributed by atoms with E-state index in [4.69, 9.17) is 5.73 Å². The normalized spacial score (nSPS) is 43.0. The highest BCUT2D eigenvalue weighted by Crippen LogP contribution is 2.34. The van der Waals surface area contributed by atoms with Gasteiger partial charge in [-0.25, -0.2) is 0 Å². The van der Waals surface area contributed by atoms with Gasteiger partial charge in [0, 0.05) is 12.6 Å². The van der Waals surface area contributed by atoms with E-state index in [0.29, 0.717) is 6.04 Å². The Labute approximate surface area is 75.1 Å². The average Bonchev–Trinajstić information content (AvgIpc) is 2.18. The van der Waals surface area contributed by atoms with Gasteiger partial charge in [-0.05, 0) is 44.2 Å². The maximum Gasteiger partial charge on any atom is 0.00794 e. The Morgan fingerprint density at radius 2 is 2.08 bits per heavy atom. The molecule has 3 aliphatic rings. The first-order chi connectivity index (χ1) is 5.81. The molecular formula is C10H20N2. The highest BCUT2D eigenvalue weighted by molar-refractivity contribution is 4.90.